The molecule has 0 aromatic carbocycles. The van der Waals surface area contributed by atoms with E-state index in [1.165, 1.54) is 29.6 Å². The Morgan fingerprint density at radius 3 is 2.70 bits per heavy atom. The highest BCUT2D eigenvalue weighted by molar-refractivity contribution is 7.20. The molecule has 0 aliphatic heterocycles. The highest BCUT2D eigenvalue weighted by atomic mass is 32.1. The number of aliphatic carboxylic acids is 1. The van der Waals surface area contributed by atoms with Crippen LogP contribution >= 0.6 is 22.7 Å². The maximum Gasteiger partial charge on any atom is 0.328 e. The van der Waals surface area contributed by atoms with Crippen molar-refractivity contribution >= 4 is 34.6 Å². The van der Waals surface area contributed by atoms with Gasteiger partial charge in [0.05, 0.1) is 11.0 Å². The Morgan fingerprint density at radius 2 is 2.15 bits per heavy atom. The lowest BCUT2D eigenvalue weighted by molar-refractivity contribution is -0.141. The summed E-state index contributed by atoms with van der Waals surface area (Å²) in [5.41, 5.74) is 0.144. The van der Waals surface area contributed by atoms with Crippen LogP contribution in [0.15, 0.2) is 22.9 Å². The second kappa shape index (κ2) is 6.12. The molecular formula is C12H12N2O4S2. The fourth-order valence-electron chi connectivity index (χ4n) is 1.50. The first-order valence-corrected chi connectivity index (χ1v) is 7.46. The number of aliphatic hydroxyl groups is 1. The van der Waals surface area contributed by atoms with E-state index >= 15 is 0 Å². The van der Waals surface area contributed by atoms with Gasteiger partial charge in [0.15, 0.2) is 6.04 Å². The Bertz CT molecular complexity index is 607. The Morgan fingerprint density at radius 1 is 1.40 bits per heavy atom. The molecule has 0 spiro atoms. The van der Waals surface area contributed by atoms with Gasteiger partial charge >= 0.3 is 5.97 Å². The molecule has 2 aromatic heterocycles. The number of aliphatic hydroxyl groups excluding tert-OH is 1. The van der Waals surface area contributed by atoms with Crippen LogP contribution in [0.5, 0.6) is 0 Å². The zero-order valence-electron chi connectivity index (χ0n) is 10.4. The molecule has 0 unspecified atom stereocenters. The van der Waals surface area contributed by atoms with Crippen LogP contribution in [0, 0.1) is 0 Å². The van der Waals surface area contributed by atoms with Gasteiger partial charge in [-0.1, -0.05) is 6.07 Å². The van der Waals surface area contributed by atoms with Crippen molar-refractivity contribution in [1.82, 2.24) is 10.3 Å². The number of carbonyl (C=O) groups excluding carboxylic acids is 1. The van der Waals surface area contributed by atoms with Crippen LogP contribution in [0.4, 0.5) is 0 Å². The smallest absolute Gasteiger partial charge is 0.328 e. The molecular weight excluding hydrogens is 300 g/mol. The van der Waals surface area contributed by atoms with Crippen LogP contribution in [-0.2, 0) is 4.79 Å². The lowest BCUT2D eigenvalue weighted by Crippen LogP contribution is -2.47. The van der Waals surface area contributed by atoms with Crippen LogP contribution in [0.25, 0.3) is 9.88 Å². The first kappa shape index (κ1) is 14.6. The SMILES string of the molecule is C[C@@H](O)[C@H](NC(=O)c1csc(-c2cccs2)n1)C(=O)O. The van der Waals surface area contributed by atoms with Gasteiger partial charge in [0.2, 0.25) is 0 Å². The van der Waals surface area contributed by atoms with Crippen molar-refractivity contribution in [2.75, 3.05) is 0 Å². The maximum absolute atomic E-state index is 11.9. The first-order valence-electron chi connectivity index (χ1n) is 5.70. The number of rotatable bonds is 5. The number of nitrogens with zero attached hydrogens (tertiary/aromatic N) is 1. The molecule has 1 amide bonds. The van der Waals surface area contributed by atoms with Crippen molar-refractivity contribution in [3.63, 3.8) is 0 Å². The minimum Gasteiger partial charge on any atom is -0.480 e. The van der Waals surface area contributed by atoms with Crippen LogP contribution < -0.4 is 5.32 Å². The summed E-state index contributed by atoms with van der Waals surface area (Å²) in [5, 5.41) is 24.6. The topological polar surface area (TPSA) is 99.5 Å². The fourth-order valence-corrected chi connectivity index (χ4v) is 3.11. The number of carboxylic acids is 1. The van der Waals surface area contributed by atoms with Gasteiger partial charge in [-0.05, 0) is 18.4 Å². The van der Waals surface area contributed by atoms with Gasteiger partial charge in [0.1, 0.15) is 10.7 Å². The molecule has 0 aliphatic carbocycles. The predicted octanol–water partition coefficient (Wildman–Crippen LogP) is 1.44. The van der Waals surface area contributed by atoms with E-state index in [2.05, 4.69) is 10.3 Å². The summed E-state index contributed by atoms with van der Waals surface area (Å²) < 4.78 is 0. The lowest BCUT2D eigenvalue weighted by Gasteiger charge is -2.16. The number of hydrogen-bond donors (Lipinski definition) is 3. The number of carbonyl (C=O) groups is 2. The van der Waals surface area contributed by atoms with E-state index in [0.717, 1.165) is 4.88 Å². The molecule has 2 heterocycles. The molecule has 0 saturated heterocycles. The zero-order valence-corrected chi connectivity index (χ0v) is 12.1. The Hall–Kier alpha value is -1.77. The number of thiophene rings is 1. The van der Waals surface area contributed by atoms with Crippen molar-refractivity contribution in [2.45, 2.75) is 19.1 Å². The molecule has 2 aromatic rings. The summed E-state index contributed by atoms with van der Waals surface area (Å²) in [7, 11) is 0. The average molecular weight is 312 g/mol. The third-order valence-electron chi connectivity index (χ3n) is 2.50. The van der Waals surface area contributed by atoms with Crippen molar-refractivity contribution in [2.24, 2.45) is 0 Å². The molecule has 20 heavy (non-hydrogen) atoms. The summed E-state index contributed by atoms with van der Waals surface area (Å²) in [6.45, 7) is 1.30. The van der Waals surface area contributed by atoms with Gasteiger partial charge in [-0.25, -0.2) is 9.78 Å². The lowest BCUT2D eigenvalue weighted by atomic mass is 10.2. The summed E-state index contributed by atoms with van der Waals surface area (Å²) in [5.74, 6) is -1.90. The highest BCUT2D eigenvalue weighted by Gasteiger charge is 2.26. The average Bonchev–Trinajstić information content (AvgIpc) is 3.04. The normalized spacial score (nSPS) is 13.7. The zero-order chi connectivity index (χ0) is 14.7. The summed E-state index contributed by atoms with van der Waals surface area (Å²) in [4.78, 5) is 27.9. The van der Waals surface area contributed by atoms with Crippen molar-refractivity contribution < 1.29 is 19.8 Å². The van der Waals surface area contributed by atoms with E-state index in [4.69, 9.17) is 5.11 Å². The third kappa shape index (κ3) is 3.21. The summed E-state index contributed by atoms with van der Waals surface area (Å²) >= 11 is 2.81. The largest absolute Gasteiger partial charge is 0.480 e. The van der Waals surface area contributed by atoms with Crippen LogP contribution in [0.1, 0.15) is 17.4 Å². The van der Waals surface area contributed by atoms with E-state index in [-0.39, 0.29) is 5.69 Å². The second-order valence-electron chi connectivity index (χ2n) is 4.05. The molecule has 2 atom stereocenters. The minimum absolute atomic E-state index is 0.144. The second-order valence-corrected chi connectivity index (χ2v) is 5.85. The van der Waals surface area contributed by atoms with Gasteiger partial charge in [-0.2, -0.15) is 0 Å². The molecule has 106 valence electrons. The molecule has 6 nitrogen and oxygen atoms in total. The number of hydrogen-bond acceptors (Lipinski definition) is 6. The third-order valence-corrected chi connectivity index (χ3v) is 4.39. The van der Waals surface area contributed by atoms with E-state index < -0.39 is 24.0 Å². The molecule has 0 bridgehead atoms. The molecule has 2 rings (SSSR count). The monoisotopic (exact) mass is 312 g/mol. The van der Waals surface area contributed by atoms with E-state index in [9.17, 15) is 14.7 Å². The van der Waals surface area contributed by atoms with Gasteiger partial charge < -0.3 is 15.5 Å². The molecule has 8 heteroatoms. The van der Waals surface area contributed by atoms with Crippen molar-refractivity contribution in [3.8, 4) is 9.88 Å². The standard InChI is InChI=1S/C12H12N2O4S2/c1-6(15)9(12(17)18)14-10(16)7-5-20-11(13-7)8-3-2-4-19-8/h2-6,9,15H,1H3,(H,14,16)(H,17,18)/t6-,9+/m1/s1. The molecule has 3 N–H and O–H groups in total. The van der Waals surface area contributed by atoms with Gasteiger partial charge in [0.25, 0.3) is 5.91 Å². The van der Waals surface area contributed by atoms with Gasteiger partial charge in [-0.15, -0.1) is 22.7 Å². The molecule has 0 radical (unpaired) electrons. The molecule has 0 saturated carbocycles. The van der Waals surface area contributed by atoms with E-state index in [0.29, 0.717) is 5.01 Å². The van der Waals surface area contributed by atoms with Gasteiger partial charge in [-0.3, -0.25) is 4.79 Å². The van der Waals surface area contributed by atoms with Crippen LogP contribution in [0.3, 0.4) is 0 Å². The Labute approximate surface area is 122 Å². The number of carboxylic acid groups (broad SMARTS) is 1. The van der Waals surface area contributed by atoms with Crippen LogP contribution in [-0.4, -0.2) is 39.2 Å². The van der Waals surface area contributed by atoms with Crippen molar-refractivity contribution in [3.05, 3.63) is 28.6 Å². The molecule has 0 fully saturated rings. The fraction of sp³-hybridized carbons (Fsp3) is 0.250. The number of amides is 1. The van der Waals surface area contributed by atoms with E-state index in [1.807, 2.05) is 17.5 Å². The number of nitrogens with one attached hydrogen (secondary N) is 1. The maximum atomic E-state index is 11.9. The first-order chi connectivity index (χ1) is 9.49. The van der Waals surface area contributed by atoms with Gasteiger partial charge in [0, 0.05) is 5.38 Å². The number of aromatic nitrogens is 1. The quantitative estimate of drug-likeness (QED) is 0.775. The van der Waals surface area contributed by atoms with Crippen molar-refractivity contribution in [1.29, 1.82) is 0 Å². The Balaban J connectivity index is 2.12. The summed E-state index contributed by atoms with van der Waals surface area (Å²) in [6.07, 6.45) is -1.19. The number of thiazole rings is 1. The highest BCUT2D eigenvalue weighted by Crippen LogP contribution is 2.27. The van der Waals surface area contributed by atoms with Crippen LogP contribution in [0.2, 0.25) is 0 Å². The summed E-state index contributed by atoms with van der Waals surface area (Å²) in [6, 6.07) is 2.42. The predicted molar refractivity (Wildman–Crippen MR) is 76.0 cm³/mol. The van der Waals surface area contributed by atoms with E-state index in [1.54, 1.807) is 5.38 Å². The molecule has 0 aliphatic rings. The minimum atomic E-state index is -1.35. The Kier molecular flexibility index (Phi) is 4.48.